The van der Waals surface area contributed by atoms with Gasteiger partial charge in [-0.05, 0) is 70.6 Å². The Morgan fingerprint density at radius 3 is 1.65 bits per heavy atom. The molecule has 0 aliphatic heterocycles. The third kappa shape index (κ3) is 37.7. The van der Waals surface area contributed by atoms with Gasteiger partial charge in [-0.2, -0.15) is 0 Å². The second-order valence-corrected chi connectivity index (χ2v) is 14.4. The molecule has 0 aromatic carbocycles. The van der Waals surface area contributed by atoms with Crippen molar-refractivity contribution in [3.63, 3.8) is 0 Å². The fourth-order valence-electron chi connectivity index (χ4n) is 4.87. The normalized spacial score (nSPS) is 14.9. The van der Waals surface area contributed by atoms with Crippen LogP contribution in [0.2, 0.25) is 0 Å². The molecular weight excluding hydrogens is 679 g/mol. The fourth-order valence-corrected chi connectivity index (χ4v) is 5.66. The Bertz CT molecular complexity index is 1030. The van der Waals surface area contributed by atoms with Gasteiger partial charge in [0, 0.05) is 13.0 Å². The summed E-state index contributed by atoms with van der Waals surface area (Å²) < 4.78 is 33.2. The van der Waals surface area contributed by atoms with Crippen LogP contribution in [0, 0.1) is 0 Å². The first kappa shape index (κ1) is 49.9. The van der Waals surface area contributed by atoms with Crippen molar-refractivity contribution in [1.82, 2.24) is 0 Å². The standard InChI is InChI=1S/C42H73O9P/c1-3-5-7-9-11-13-15-17-18-19-20-21-23-25-27-29-31-33-35-48-38-41(39-50-52(46,47)49-37-40(44)36-43)51-42(45)34-32-30-28-26-24-22-16-14-12-10-8-6-4-2/h6,8,11-14,17-18,22,24,28,30,40-41,43-44H,3-5,7,9-10,15-16,19-21,23,25-27,29,31-39H2,1-2H3,(H,46,47)/b8-6-,13-11-,14-12-,18-17-,24-22-,30-28-. The summed E-state index contributed by atoms with van der Waals surface area (Å²) in [6.07, 6.45) is 44.5. The monoisotopic (exact) mass is 752 g/mol. The van der Waals surface area contributed by atoms with Crippen LogP contribution in [0.25, 0.3) is 0 Å². The molecule has 0 amide bonds. The average molecular weight is 753 g/mol. The molecule has 3 N–H and O–H groups in total. The molecule has 300 valence electrons. The van der Waals surface area contributed by atoms with Crippen molar-refractivity contribution in [2.75, 3.05) is 33.0 Å². The van der Waals surface area contributed by atoms with Crippen molar-refractivity contribution in [3.8, 4) is 0 Å². The predicted molar refractivity (Wildman–Crippen MR) is 214 cm³/mol. The Kier molecular flexibility index (Phi) is 37.1. The van der Waals surface area contributed by atoms with E-state index in [0.717, 1.165) is 57.8 Å². The molecule has 0 aliphatic rings. The molecule has 52 heavy (non-hydrogen) atoms. The maximum Gasteiger partial charge on any atom is 0.472 e. The van der Waals surface area contributed by atoms with E-state index in [9.17, 15) is 19.4 Å². The van der Waals surface area contributed by atoms with Gasteiger partial charge in [0.15, 0.2) is 0 Å². The summed E-state index contributed by atoms with van der Waals surface area (Å²) in [5, 5.41) is 18.3. The minimum Gasteiger partial charge on any atom is -0.457 e. The summed E-state index contributed by atoms with van der Waals surface area (Å²) in [5.74, 6) is -0.467. The molecule has 9 nitrogen and oxygen atoms in total. The Morgan fingerprint density at radius 2 is 1.10 bits per heavy atom. The molecule has 0 heterocycles. The van der Waals surface area contributed by atoms with Gasteiger partial charge in [-0.1, -0.05) is 138 Å². The van der Waals surface area contributed by atoms with Crippen LogP contribution in [0.5, 0.6) is 0 Å². The molecule has 0 aromatic rings. The van der Waals surface area contributed by atoms with Crippen LogP contribution in [0.15, 0.2) is 72.9 Å². The number of carbonyl (C=O) groups is 1. The van der Waals surface area contributed by atoms with Crippen LogP contribution < -0.4 is 0 Å². The van der Waals surface area contributed by atoms with Gasteiger partial charge in [0.05, 0.1) is 26.4 Å². The Hall–Kier alpha value is -2.10. The highest BCUT2D eigenvalue weighted by molar-refractivity contribution is 7.47. The lowest BCUT2D eigenvalue weighted by Gasteiger charge is -2.20. The molecule has 0 rings (SSSR count). The fraction of sp³-hybridized carbons (Fsp3) is 0.690. The Morgan fingerprint density at radius 1 is 0.615 bits per heavy atom. The summed E-state index contributed by atoms with van der Waals surface area (Å²) >= 11 is 0. The average Bonchev–Trinajstić information content (AvgIpc) is 3.13. The van der Waals surface area contributed by atoms with Crippen LogP contribution in [-0.4, -0.2) is 66.3 Å². The summed E-state index contributed by atoms with van der Waals surface area (Å²) in [6.45, 7) is 3.24. The quantitative estimate of drug-likeness (QED) is 0.0245. The lowest BCUT2D eigenvalue weighted by molar-refractivity contribution is -0.154. The molecule has 0 saturated carbocycles. The van der Waals surface area contributed by atoms with Gasteiger partial charge in [0.2, 0.25) is 0 Å². The van der Waals surface area contributed by atoms with E-state index in [0.29, 0.717) is 13.0 Å². The Balaban J connectivity index is 4.30. The van der Waals surface area contributed by atoms with Crippen LogP contribution in [0.4, 0.5) is 0 Å². The minimum atomic E-state index is -4.54. The number of allylic oxidation sites excluding steroid dienone is 12. The highest BCUT2D eigenvalue weighted by atomic mass is 31.2. The van der Waals surface area contributed by atoms with Crippen molar-refractivity contribution in [3.05, 3.63) is 72.9 Å². The second-order valence-electron chi connectivity index (χ2n) is 12.9. The van der Waals surface area contributed by atoms with Gasteiger partial charge in [-0.15, -0.1) is 0 Å². The first-order valence-corrected chi connectivity index (χ1v) is 21.4. The van der Waals surface area contributed by atoms with Gasteiger partial charge in [0.25, 0.3) is 0 Å². The molecule has 0 radical (unpaired) electrons. The summed E-state index contributed by atoms with van der Waals surface area (Å²) in [6, 6.07) is 0. The Labute approximate surface area is 316 Å². The van der Waals surface area contributed by atoms with E-state index < -0.39 is 45.8 Å². The van der Waals surface area contributed by atoms with Crippen LogP contribution in [0.1, 0.15) is 142 Å². The second kappa shape index (κ2) is 38.6. The maximum atomic E-state index is 12.5. The maximum absolute atomic E-state index is 12.5. The van der Waals surface area contributed by atoms with E-state index >= 15 is 0 Å². The third-order valence-electron chi connectivity index (χ3n) is 7.89. The van der Waals surface area contributed by atoms with Gasteiger partial charge in [-0.3, -0.25) is 13.8 Å². The van der Waals surface area contributed by atoms with Crippen molar-refractivity contribution in [2.24, 2.45) is 0 Å². The molecule has 0 aromatic heterocycles. The van der Waals surface area contributed by atoms with Crippen molar-refractivity contribution < 1.29 is 43.0 Å². The number of phosphoric ester groups is 1. The number of hydrogen-bond donors (Lipinski definition) is 3. The van der Waals surface area contributed by atoms with Crippen LogP contribution in [0.3, 0.4) is 0 Å². The van der Waals surface area contributed by atoms with E-state index in [1.165, 1.54) is 57.8 Å². The first-order chi connectivity index (χ1) is 25.3. The molecule has 0 fully saturated rings. The lowest BCUT2D eigenvalue weighted by Crippen LogP contribution is -2.29. The minimum absolute atomic E-state index is 0.0126. The SMILES string of the molecule is CC/C=C\C/C=C\C/C=C\C/C=C\CCC(=O)OC(COCCCCCCCCCC/C=C\C/C=C\CCCCC)COP(=O)(O)OCC(O)CO. The number of rotatable bonds is 37. The lowest BCUT2D eigenvalue weighted by atomic mass is 10.1. The van der Waals surface area contributed by atoms with E-state index in [2.05, 4.69) is 74.6 Å². The van der Waals surface area contributed by atoms with E-state index in [4.69, 9.17) is 23.6 Å². The number of aliphatic hydroxyl groups excluding tert-OH is 2. The van der Waals surface area contributed by atoms with Gasteiger partial charge in [-0.25, -0.2) is 4.57 Å². The van der Waals surface area contributed by atoms with E-state index in [-0.39, 0.29) is 13.0 Å². The number of aliphatic hydroxyl groups is 2. The summed E-state index contributed by atoms with van der Waals surface area (Å²) in [7, 11) is -4.54. The number of phosphoric acid groups is 1. The smallest absolute Gasteiger partial charge is 0.457 e. The molecule has 0 bridgehead atoms. The summed E-state index contributed by atoms with van der Waals surface area (Å²) in [5.41, 5.74) is 0. The third-order valence-corrected chi connectivity index (χ3v) is 8.84. The van der Waals surface area contributed by atoms with E-state index in [1.54, 1.807) is 0 Å². The molecular formula is C42H73O9P. The zero-order valence-corrected chi connectivity index (χ0v) is 33.4. The number of unbranched alkanes of at least 4 members (excludes halogenated alkanes) is 11. The zero-order valence-electron chi connectivity index (χ0n) is 32.5. The predicted octanol–water partition coefficient (Wildman–Crippen LogP) is 10.6. The first-order valence-electron chi connectivity index (χ1n) is 19.9. The summed E-state index contributed by atoms with van der Waals surface area (Å²) in [4.78, 5) is 22.4. The van der Waals surface area contributed by atoms with Gasteiger partial charge in [0.1, 0.15) is 12.2 Å². The molecule has 10 heteroatoms. The number of hydrogen-bond acceptors (Lipinski definition) is 8. The van der Waals surface area contributed by atoms with Crippen LogP contribution in [-0.2, 0) is 27.9 Å². The van der Waals surface area contributed by atoms with Crippen molar-refractivity contribution >= 4 is 13.8 Å². The topological polar surface area (TPSA) is 132 Å². The number of esters is 1. The molecule has 3 atom stereocenters. The number of carbonyl (C=O) groups excluding carboxylic acids is 1. The van der Waals surface area contributed by atoms with Gasteiger partial charge >= 0.3 is 13.8 Å². The van der Waals surface area contributed by atoms with Crippen LogP contribution >= 0.6 is 7.82 Å². The van der Waals surface area contributed by atoms with Gasteiger partial charge < -0.3 is 24.6 Å². The van der Waals surface area contributed by atoms with E-state index in [1.807, 2.05) is 12.2 Å². The zero-order chi connectivity index (χ0) is 38.2. The van der Waals surface area contributed by atoms with Crippen molar-refractivity contribution in [2.45, 2.75) is 154 Å². The molecule has 0 aliphatic carbocycles. The molecule has 0 spiro atoms. The molecule has 0 saturated heterocycles. The largest absolute Gasteiger partial charge is 0.472 e. The molecule has 3 unspecified atom stereocenters. The van der Waals surface area contributed by atoms with Crippen molar-refractivity contribution in [1.29, 1.82) is 0 Å². The number of ether oxygens (including phenoxy) is 2. The highest BCUT2D eigenvalue weighted by Crippen LogP contribution is 2.43. The highest BCUT2D eigenvalue weighted by Gasteiger charge is 2.26.